The maximum Gasteiger partial charge on any atom is 0.418 e. The maximum absolute atomic E-state index is 11.8. The van der Waals surface area contributed by atoms with Gasteiger partial charge in [-0.25, -0.2) is 19.6 Å². The van der Waals surface area contributed by atoms with Gasteiger partial charge in [0.2, 0.25) is 0 Å². The lowest BCUT2D eigenvalue weighted by Gasteiger charge is -2.10. The quantitative estimate of drug-likeness (QED) is 0.164. The maximum atomic E-state index is 11.8. The highest BCUT2D eigenvalue weighted by atomic mass is 35.5. The number of benzene rings is 2. The van der Waals surface area contributed by atoms with Gasteiger partial charge < -0.3 is 20.5 Å². The molecule has 244 valence electrons. The number of ether oxygens (including phenoxy) is 2. The number of halogens is 1. The zero-order valence-corrected chi connectivity index (χ0v) is 26.9. The van der Waals surface area contributed by atoms with Crippen molar-refractivity contribution in [1.82, 2.24) is 9.97 Å². The van der Waals surface area contributed by atoms with Crippen molar-refractivity contribution in [2.75, 3.05) is 16.4 Å². The SMILES string of the molecule is CC#N.N#Cc1cnc(N)cc1CC1CC1.N#Cc1cnc(NC(=O)Oc2ccccc2)cc1NC1CC1.O=C(Cl)Oc1ccccc1. The number of aromatic nitrogens is 2. The Labute approximate surface area is 283 Å². The summed E-state index contributed by atoms with van der Waals surface area (Å²) in [5.41, 5.74) is 7.59. The minimum Gasteiger partial charge on any atom is -0.415 e. The van der Waals surface area contributed by atoms with Crippen molar-refractivity contribution in [3.8, 4) is 29.7 Å². The fraction of sp³-hybridized carbons (Fsp3) is 0.229. The molecule has 2 aliphatic carbocycles. The summed E-state index contributed by atoms with van der Waals surface area (Å²) in [5.74, 6) is 2.53. The number of para-hydroxylation sites is 2. The van der Waals surface area contributed by atoms with Crippen LogP contribution in [-0.4, -0.2) is 27.5 Å². The number of carbonyl (C=O) groups is 2. The molecule has 4 aromatic rings. The number of nitrogens with zero attached hydrogens (tertiary/aromatic N) is 5. The number of nitrogens with two attached hydrogens (primary N) is 1. The Bertz CT molecular complexity index is 1780. The van der Waals surface area contributed by atoms with E-state index in [9.17, 15) is 9.59 Å². The monoisotopic (exact) mass is 664 g/mol. The molecule has 13 heteroatoms. The molecule has 2 fully saturated rings. The summed E-state index contributed by atoms with van der Waals surface area (Å²) in [4.78, 5) is 29.9. The molecule has 2 aromatic heterocycles. The van der Waals surface area contributed by atoms with Gasteiger partial charge >= 0.3 is 11.5 Å². The molecule has 2 heterocycles. The topological polar surface area (TPSA) is 200 Å². The van der Waals surface area contributed by atoms with Crippen LogP contribution in [0.5, 0.6) is 11.5 Å². The number of carbonyl (C=O) groups excluding carboxylic acids is 2. The normalized spacial score (nSPS) is 12.1. The summed E-state index contributed by atoms with van der Waals surface area (Å²) in [6.07, 6.45) is 8.10. The van der Waals surface area contributed by atoms with Crippen molar-refractivity contribution >= 4 is 40.4 Å². The minimum atomic E-state index is -0.814. The predicted molar refractivity (Wildman–Crippen MR) is 181 cm³/mol. The van der Waals surface area contributed by atoms with E-state index in [4.69, 9.17) is 37.9 Å². The summed E-state index contributed by atoms with van der Waals surface area (Å²) in [6, 6.07) is 27.2. The van der Waals surface area contributed by atoms with Gasteiger partial charge in [-0.2, -0.15) is 15.8 Å². The van der Waals surface area contributed by atoms with Crippen LogP contribution in [0, 0.1) is 39.9 Å². The first kappa shape index (κ1) is 36.3. The van der Waals surface area contributed by atoms with Crippen LogP contribution in [0.2, 0.25) is 0 Å². The second-order valence-electron chi connectivity index (χ2n) is 10.4. The van der Waals surface area contributed by atoms with E-state index in [-0.39, 0.29) is 0 Å². The zero-order valence-electron chi connectivity index (χ0n) is 26.1. The molecular formula is C35H33ClN8O4. The van der Waals surface area contributed by atoms with E-state index >= 15 is 0 Å². The van der Waals surface area contributed by atoms with Crippen molar-refractivity contribution in [3.05, 3.63) is 102 Å². The van der Waals surface area contributed by atoms with Crippen LogP contribution >= 0.6 is 11.6 Å². The standard InChI is InChI=1S/C16H14N4O2.C10H11N3.C7H5ClO2.C2H3N/c17-9-11-10-18-15(8-14(11)19-12-6-7-12)20-16(21)22-13-4-2-1-3-5-13;11-5-9-6-13-10(12)4-8(9)3-7-1-2-7;8-7(9)10-6-4-2-1-3-5-6;1-2-3/h1-5,8,10,12H,6-7H2,(H2,18,19,20,21);4,6-7H,1-3H2,(H2,12,13);1-5H;1H3. The number of nitrogens with one attached hydrogen (secondary N) is 2. The third-order valence-electron chi connectivity index (χ3n) is 6.42. The molecule has 12 nitrogen and oxygen atoms in total. The molecule has 48 heavy (non-hydrogen) atoms. The first-order valence-corrected chi connectivity index (χ1v) is 15.2. The van der Waals surface area contributed by atoms with Gasteiger partial charge in [-0.15, -0.1) is 0 Å². The highest BCUT2D eigenvalue weighted by Crippen LogP contribution is 2.33. The van der Waals surface area contributed by atoms with Crippen LogP contribution in [0.25, 0.3) is 0 Å². The Morgan fingerprint density at radius 3 is 1.96 bits per heavy atom. The van der Waals surface area contributed by atoms with E-state index in [0.29, 0.717) is 46.0 Å². The molecule has 6 rings (SSSR count). The molecule has 2 aromatic carbocycles. The second kappa shape index (κ2) is 19.4. The fourth-order valence-electron chi connectivity index (χ4n) is 3.90. The van der Waals surface area contributed by atoms with E-state index in [2.05, 4.69) is 37.5 Å². The number of nitrogen functional groups attached to an aromatic ring is 1. The van der Waals surface area contributed by atoms with Gasteiger partial charge in [0.25, 0.3) is 0 Å². The Hall–Kier alpha value is -6.16. The minimum absolute atomic E-state index is 0.336. The summed E-state index contributed by atoms with van der Waals surface area (Å²) in [5, 5.41) is 31.0. The third kappa shape index (κ3) is 13.9. The highest BCUT2D eigenvalue weighted by molar-refractivity contribution is 6.61. The lowest BCUT2D eigenvalue weighted by molar-refractivity contribution is 0.215. The molecule has 2 saturated carbocycles. The number of anilines is 3. The molecule has 4 N–H and O–H groups in total. The molecule has 0 radical (unpaired) electrons. The van der Waals surface area contributed by atoms with Crippen molar-refractivity contribution in [3.63, 3.8) is 0 Å². The summed E-state index contributed by atoms with van der Waals surface area (Å²) < 4.78 is 9.67. The van der Waals surface area contributed by atoms with E-state index in [1.165, 1.54) is 26.0 Å². The Balaban J connectivity index is 0.000000204. The van der Waals surface area contributed by atoms with E-state index < -0.39 is 11.5 Å². The lowest BCUT2D eigenvalue weighted by atomic mass is 10.1. The third-order valence-corrected chi connectivity index (χ3v) is 6.50. The Morgan fingerprint density at radius 1 is 0.875 bits per heavy atom. The van der Waals surface area contributed by atoms with E-state index in [1.54, 1.807) is 66.9 Å². The number of rotatable bonds is 7. The van der Waals surface area contributed by atoms with Gasteiger partial charge in [0, 0.05) is 43.0 Å². The average Bonchev–Trinajstić information content (AvgIpc) is 4.01. The molecule has 0 bridgehead atoms. The predicted octanol–water partition coefficient (Wildman–Crippen LogP) is 7.58. The van der Waals surface area contributed by atoms with Crippen LogP contribution in [0.4, 0.5) is 26.9 Å². The van der Waals surface area contributed by atoms with Gasteiger partial charge in [-0.05, 0) is 73.9 Å². The van der Waals surface area contributed by atoms with E-state index in [1.807, 2.05) is 18.2 Å². The van der Waals surface area contributed by atoms with Crippen LogP contribution < -0.4 is 25.8 Å². The first-order chi connectivity index (χ1) is 23.2. The van der Waals surface area contributed by atoms with Gasteiger partial charge in [0.05, 0.1) is 22.9 Å². The van der Waals surface area contributed by atoms with Crippen LogP contribution in [0.3, 0.4) is 0 Å². The Kier molecular flexibility index (Phi) is 14.7. The smallest absolute Gasteiger partial charge is 0.415 e. The number of nitriles is 3. The molecule has 0 atom stereocenters. The summed E-state index contributed by atoms with van der Waals surface area (Å²) in [7, 11) is 0. The zero-order chi connectivity index (χ0) is 34.7. The highest BCUT2D eigenvalue weighted by Gasteiger charge is 2.23. The summed E-state index contributed by atoms with van der Waals surface area (Å²) >= 11 is 4.95. The van der Waals surface area contributed by atoms with Crippen LogP contribution in [-0.2, 0) is 6.42 Å². The molecule has 2 aliphatic rings. The van der Waals surface area contributed by atoms with Crippen LogP contribution in [0.15, 0.2) is 85.2 Å². The van der Waals surface area contributed by atoms with Crippen molar-refractivity contribution in [2.24, 2.45) is 5.92 Å². The largest absolute Gasteiger partial charge is 0.418 e. The molecule has 0 saturated heterocycles. The molecule has 0 spiro atoms. The number of pyridine rings is 2. The van der Waals surface area contributed by atoms with Gasteiger partial charge in [-0.3, -0.25) is 5.32 Å². The number of hydrogen-bond acceptors (Lipinski definition) is 11. The van der Waals surface area contributed by atoms with Crippen molar-refractivity contribution < 1.29 is 19.1 Å². The van der Waals surface area contributed by atoms with Crippen LogP contribution in [0.1, 0.15) is 49.3 Å². The fourth-order valence-corrected chi connectivity index (χ4v) is 3.99. The molecular weight excluding hydrogens is 632 g/mol. The number of hydrogen-bond donors (Lipinski definition) is 3. The lowest BCUT2D eigenvalue weighted by Crippen LogP contribution is -2.18. The Morgan fingerprint density at radius 2 is 1.44 bits per heavy atom. The number of amides is 1. The van der Waals surface area contributed by atoms with Crippen molar-refractivity contribution in [2.45, 2.75) is 45.1 Å². The second-order valence-corrected chi connectivity index (χ2v) is 10.7. The molecule has 0 unspecified atom stereocenters. The van der Waals surface area contributed by atoms with Gasteiger partial charge in [0.1, 0.15) is 35.3 Å². The van der Waals surface area contributed by atoms with E-state index in [0.717, 1.165) is 30.7 Å². The van der Waals surface area contributed by atoms with Gasteiger partial charge in [0.15, 0.2) is 0 Å². The molecule has 0 aliphatic heterocycles. The average molecular weight is 665 g/mol. The van der Waals surface area contributed by atoms with Crippen molar-refractivity contribution in [1.29, 1.82) is 15.8 Å². The first-order valence-electron chi connectivity index (χ1n) is 14.8. The van der Waals surface area contributed by atoms with Gasteiger partial charge in [-0.1, -0.05) is 36.4 Å². The summed E-state index contributed by atoms with van der Waals surface area (Å²) in [6.45, 7) is 1.43. The molecule has 1 amide bonds.